The van der Waals surface area contributed by atoms with Gasteiger partial charge in [-0.15, -0.1) is 13.2 Å². The molecule has 1 unspecified atom stereocenters. The monoisotopic (exact) mass is 398 g/mol. The van der Waals surface area contributed by atoms with Crippen molar-refractivity contribution in [2.45, 2.75) is 24.5 Å². The highest BCUT2D eigenvalue weighted by molar-refractivity contribution is 5.47. The van der Waals surface area contributed by atoms with Gasteiger partial charge in [0.25, 0.3) is 0 Å². The lowest BCUT2D eigenvalue weighted by atomic mass is 9.80. The van der Waals surface area contributed by atoms with Crippen molar-refractivity contribution >= 4 is 0 Å². The van der Waals surface area contributed by atoms with Crippen LogP contribution in [0.5, 0.6) is 0 Å². The molecule has 3 aromatic carbocycles. The molecule has 0 fully saturated rings. The zero-order valence-corrected chi connectivity index (χ0v) is 17.5. The lowest BCUT2D eigenvalue weighted by Crippen LogP contribution is -2.36. The van der Waals surface area contributed by atoms with Crippen LogP contribution in [-0.2, 0) is 15.1 Å². The van der Waals surface area contributed by atoms with Crippen molar-refractivity contribution in [3.63, 3.8) is 0 Å². The minimum atomic E-state index is -0.728. The Kier molecular flexibility index (Phi) is 8.20. The third-order valence-electron chi connectivity index (χ3n) is 5.17. The van der Waals surface area contributed by atoms with Crippen LogP contribution in [0.25, 0.3) is 0 Å². The molecule has 0 saturated heterocycles. The topological polar surface area (TPSA) is 18.5 Å². The van der Waals surface area contributed by atoms with Gasteiger partial charge in [-0.2, -0.15) is 0 Å². The Hall–Kier alpha value is -2.94. The Balaban J connectivity index is 2.06. The molecule has 30 heavy (non-hydrogen) atoms. The molecule has 0 aromatic heterocycles. The Morgan fingerprint density at radius 2 is 1.17 bits per heavy atom. The molecule has 0 saturated carbocycles. The zero-order chi connectivity index (χ0) is 21.1. The van der Waals surface area contributed by atoms with Gasteiger partial charge in [-0.3, -0.25) is 0 Å². The molecule has 1 atom stereocenters. The first-order valence-corrected chi connectivity index (χ1v) is 10.4. The van der Waals surface area contributed by atoms with E-state index in [1.807, 2.05) is 24.3 Å². The second-order valence-corrected chi connectivity index (χ2v) is 7.20. The molecule has 0 aliphatic rings. The molecule has 0 spiro atoms. The molecule has 154 valence electrons. The summed E-state index contributed by atoms with van der Waals surface area (Å²) in [4.78, 5) is 0. The van der Waals surface area contributed by atoms with Crippen LogP contribution in [0.4, 0.5) is 0 Å². The summed E-state index contributed by atoms with van der Waals surface area (Å²) in [6.07, 6.45) is 5.38. The number of benzene rings is 3. The molecule has 0 aliphatic heterocycles. The fourth-order valence-corrected chi connectivity index (χ4v) is 3.71. The molecule has 3 aromatic rings. The fourth-order valence-electron chi connectivity index (χ4n) is 3.71. The minimum absolute atomic E-state index is 0.0449. The first kappa shape index (κ1) is 21.8. The molecule has 0 bridgehead atoms. The molecule has 2 nitrogen and oxygen atoms in total. The van der Waals surface area contributed by atoms with E-state index in [0.29, 0.717) is 13.2 Å². The van der Waals surface area contributed by atoms with Crippen molar-refractivity contribution in [2.24, 2.45) is 0 Å². The summed E-state index contributed by atoms with van der Waals surface area (Å²) in [6.45, 7) is 8.59. The average molecular weight is 399 g/mol. The molecule has 3 rings (SSSR count). The number of hydrogen-bond acceptors (Lipinski definition) is 2. The summed E-state index contributed by atoms with van der Waals surface area (Å²) in [6, 6.07) is 31.2. The molecule has 0 aliphatic carbocycles. The first-order valence-electron chi connectivity index (χ1n) is 10.4. The standard InChI is InChI=1S/C28H30O2/c1-3-5-21-27(29-22-4-2)23-30-28(24-15-9-6-10-16-24,25-17-11-7-12-18-25)26-19-13-8-14-20-26/h3-4,6-20,27H,1-2,5,21-23H2. The summed E-state index contributed by atoms with van der Waals surface area (Å²) in [5, 5.41) is 0. The van der Waals surface area contributed by atoms with Crippen LogP contribution in [0.2, 0.25) is 0 Å². The highest BCUT2D eigenvalue weighted by Crippen LogP contribution is 2.40. The third-order valence-corrected chi connectivity index (χ3v) is 5.17. The van der Waals surface area contributed by atoms with Crippen molar-refractivity contribution in [1.82, 2.24) is 0 Å². The van der Waals surface area contributed by atoms with E-state index in [-0.39, 0.29) is 6.10 Å². The Bertz CT molecular complexity index is 779. The fraction of sp³-hybridized carbons (Fsp3) is 0.214. The Labute approximate surface area is 180 Å². The number of rotatable bonds is 12. The SMILES string of the molecule is C=CCCC(COC(c1ccccc1)(c1ccccc1)c1ccccc1)OCC=C. The van der Waals surface area contributed by atoms with Gasteiger partial charge in [-0.05, 0) is 29.5 Å². The normalized spacial score (nSPS) is 12.3. The van der Waals surface area contributed by atoms with Gasteiger partial charge in [0.15, 0.2) is 0 Å². The maximum Gasteiger partial charge on any atom is 0.143 e. The van der Waals surface area contributed by atoms with Gasteiger partial charge >= 0.3 is 0 Å². The lowest BCUT2D eigenvalue weighted by molar-refractivity contribution is -0.0610. The predicted molar refractivity (Wildman–Crippen MR) is 125 cm³/mol. The van der Waals surface area contributed by atoms with Gasteiger partial charge < -0.3 is 9.47 Å². The quantitative estimate of drug-likeness (QED) is 0.255. The van der Waals surface area contributed by atoms with Gasteiger partial charge in [0.05, 0.1) is 19.3 Å². The van der Waals surface area contributed by atoms with Crippen molar-refractivity contribution < 1.29 is 9.47 Å². The van der Waals surface area contributed by atoms with Gasteiger partial charge in [0.2, 0.25) is 0 Å². The molecule has 2 heteroatoms. The summed E-state index contributed by atoms with van der Waals surface area (Å²) < 4.78 is 12.9. The summed E-state index contributed by atoms with van der Waals surface area (Å²) >= 11 is 0. The molecular weight excluding hydrogens is 368 g/mol. The lowest BCUT2D eigenvalue weighted by Gasteiger charge is -2.37. The number of allylic oxidation sites excluding steroid dienone is 1. The van der Waals surface area contributed by atoms with Crippen molar-refractivity contribution in [1.29, 1.82) is 0 Å². The molecule has 0 amide bonds. The highest BCUT2D eigenvalue weighted by atomic mass is 16.5. The van der Waals surface area contributed by atoms with Crippen LogP contribution in [0.15, 0.2) is 116 Å². The third kappa shape index (κ3) is 5.15. The van der Waals surface area contributed by atoms with Crippen LogP contribution in [0, 0.1) is 0 Å². The smallest absolute Gasteiger partial charge is 0.143 e. The van der Waals surface area contributed by atoms with Gasteiger partial charge in [0.1, 0.15) is 5.60 Å². The van der Waals surface area contributed by atoms with Crippen LogP contribution in [0.3, 0.4) is 0 Å². The summed E-state index contributed by atoms with van der Waals surface area (Å²) in [7, 11) is 0. The van der Waals surface area contributed by atoms with E-state index >= 15 is 0 Å². The van der Waals surface area contributed by atoms with Crippen LogP contribution >= 0.6 is 0 Å². The zero-order valence-electron chi connectivity index (χ0n) is 17.5. The maximum atomic E-state index is 6.85. The summed E-state index contributed by atoms with van der Waals surface area (Å²) in [5.74, 6) is 0. The molecular formula is C28H30O2. The first-order chi connectivity index (χ1) is 14.8. The van der Waals surface area contributed by atoms with Crippen LogP contribution in [-0.4, -0.2) is 19.3 Å². The molecule has 0 N–H and O–H groups in total. The predicted octanol–water partition coefficient (Wildman–Crippen LogP) is 6.53. The maximum absolute atomic E-state index is 6.85. The van der Waals surface area contributed by atoms with Crippen LogP contribution < -0.4 is 0 Å². The van der Waals surface area contributed by atoms with Gasteiger partial charge in [0, 0.05) is 0 Å². The van der Waals surface area contributed by atoms with E-state index in [0.717, 1.165) is 29.5 Å². The van der Waals surface area contributed by atoms with E-state index in [9.17, 15) is 0 Å². The Morgan fingerprint density at radius 3 is 1.57 bits per heavy atom. The highest BCUT2D eigenvalue weighted by Gasteiger charge is 2.38. The minimum Gasteiger partial charge on any atom is -0.372 e. The van der Waals surface area contributed by atoms with Crippen molar-refractivity contribution in [3.05, 3.63) is 133 Å². The van der Waals surface area contributed by atoms with Crippen molar-refractivity contribution in [2.75, 3.05) is 13.2 Å². The van der Waals surface area contributed by atoms with E-state index in [1.54, 1.807) is 6.08 Å². The Morgan fingerprint density at radius 1 is 0.700 bits per heavy atom. The van der Waals surface area contributed by atoms with Gasteiger partial charge in [-0.1, -0.05) is 103 Å². The van der Waals surface area contributed by atoms with Crippen molar-refractivity contribution in [3.8, 4) is 0 Å². The van der Waals surface area contributed by atoms with E-state index < -0.39 is 5.60 Å². The summed E-state index contributed by atoms with van der Waals surface area (Å²) in [5.41, 5.74) is 2.55. The number of ether oxygens (including phenoxy) is 2. The molecule has 0 radical (unpaired) electrons. The van der Waals surface area contributed by atoms with E-state index in [4.69, 9.17) is 9.47 Å². The van der Waals surface area contributed by atoms with Gasteiger partial charge in [-0.25, -0.2) is 0 Å². The van der Waals surface area contributed by atoms with E-state index in [1.165, 1.54) is 0 Å². The molecule has 0 heterocycles. The second kappa shape index (κ2) is 11.3. The number of hydrogen-bond donors (Lipinski definition) is 0. The second-order valence-electron chi connectivity index (χ2n) is 7.20. The van der Waals surface area contributed by atoms with Crippen LogP contribution in [0.1, 0.15) is 29.5 Å². The van der Waals surface area contributed by atoms with E-state index in [2.05, 4.69) is 86.0 Å². The average Bonchev–Trinajstić information content (AvgIpc) is 2.82. The largest absolute Gasteiger partial charge is 0.372 e.